The second kappa shape index (κ2) is 5.10. The van der Waals surface area contributed by atoms with Crippen molar-refractivity contribution in [3.63, 3.8) is 0 Å². The van der Waals surface area contributed by atoms with E-state index in [0.29, 0.717) is 5.15 Å². The fraction of sp³-hybridized carbons (Fsp3) is 0.267. The number of aromatic nitrogens is 1. The van der Waals surface area contributed by atoms with Gasteiger partial charge in [0.2, 0.25) is 0 Å². The quantitative estimate of drug-likeness (QED) is 0.784. The SMILES string of the molecule is CN1CCN(Cc2ccnc(Cl)c2)c2ccccc21. The van der Waals surface area contributed by atoms with Gasteiger partial charge in [0, 0.05) is 32.9 Å². The van der Waals surface area contributed by atoms with Crippen molar-refractivity contribution < 1.29 is 0 Å². The average molecular weight is 274 g/mol. The van der Waals surface area contributed by atoms with Gasteiger partial charge < -0.3 is 9.80 Å². The van der Waals surface area contributed by atoms with Crippen LogP contribution in [0.4, 0.5) is 11.4 Å². The van der Waals surface area contributed by atoms with Gasteiger partial charge in [-0.15, -0.1) is 0 Å². The zero-order valence-electron chi connectivity index (χ0n) is 10.9. The molecule has 2 heterocycles. The number of fused-ring (bicyclic) bond motifs is 1. The third-order valence-electron chi connectivity index (χ3n) is 3.50. The Balaban J connectivity index is 1.89. The summed E-state index contributed by atoms with van der Waals surface area (Å²) in [5.74, 6) is 0. The van der Waals surface area contributed by atoms with Crippen molar-refractivity contribution in [2.45, 2.75) is 6.54 Å². The molecule has 0 radical (unpaired) electrons. The second-order valence-corrected chi connectivity index (χ2v) is 5.21. The fourth-order valence-corrected chi connectivity index (χ4v) is 2.69. The minimum absolute atomic E-state index is 0.555. The lowest BCUT2D eigenvalue weighted by Gasteiger charge is -2.37. The number of hydrogen-bond acceptors (Lipinski definition) is 3. The van der Waals surface area contributed by atoms with Gasteiger partial charge in [0.1, 0.15) is 5.15 Å². The van der Waals surface area contributed by atoms with Gasteiger partial charge in [-0.25, -0.2) is 4.98 Å². The molecule has 0 saturated carbocycles. The third-order valence-corrected chi connectivity index (χ3v) is 3.71. The van der Waals surface area contributed by atoms with E-state index in [1.807, 2.05) is 12.1 Å². The molecule has 0 spiro atoms. The van der Waals surface area contributed by atoms with Crippen molar-refractivity contribution in [3.8, 4) is 0 Å². The highest BCUT2D eigenvalue weighted by Crippen LogP contribution is 2.32. The van der Waals surface area contributed by atoms with E-state index in [9.17, 15) is 0 Å². The number of likely N-dealkylation sites (N-methyl/N-ethyl adjacent to an activating group) is 1. The van der Waals surface area contributed by atoms with E-state index < -0.39 is 0 Å². The van der Waals surface area contributed by atoms with Crippen LogP contribution in [0.15, 0.2) is 42.6 Å². The minimum Gasteiger partial charge on any atom is -0.371 e. The highest BCUT2D eigenvalue weighted by Gasteiger charge is 2.19. The Morgan fingerprint density at radius 2 is 1.95 bits per heavy atom. The summed E-state index contributed by atoms with van der Waals surface area (Å²) < 4.78 is 0. The summed E-state index contributed by atoms with van der Waals surface area (Å²) in [5, 5.41) is 0.555. The molecule has 0 bridgehead atoms. The van der Waals surface area contributed by atoms with Crippen molar-refractivity contribution in [2.75, 3.05) is 29.9 Å². The second-order valence-electron chi connectivity index (χ2n) is 4.82. The van der Waals surface area contributed by atoms with E-state index >= 15 is 0 Å². The Labute approximate surface area is 118 Å². The predicted molar refractivity (Wildman–Crippen MR) is 80.0 cm³/mol. The molecule has 0 fully saturated rings. The smallest absolute Gasteiger partial charge is 0.129 e. The molecule has 0 amide bonds. The Morgan fingerprint density at radius 3 is 2.74 bits per heavy atom. The van der Waals surface area contributed by atoms with Crippen molar-refractivity contribution in [3.05, 3.63) is 53.3 Å². The Bertz CT molecular complexity index is 585. The molecule has 19 heavy (non-hydrogen) atoms. The van der Waals surface area contributed by atoms with Crippen LogP contribution in [-0.2, 0) is 6.54 Å². The van der Waals surface area contributed by atoms with Gasteiger partial charge in [0.25, 0.3) is 0 Å². The summed E-state index contributed by atoms with van der Waals surface area (Å²) in [6, 6.07) is 12.5. The number of hydrogen-bond donors (Lipinski definition) is 0. The molecule has 1 aliphatic rings. The molecule has 1 aromatic heterocycles. The first kappa shape index (κ1) is 12.3. The molecule has 0 saturated heterocycles. The van der Waals surface area contributed by atoms with Crippen LogP contribution in [0.2, 0.25) is 5.15 Å². The molecule has 0 unspecified atom stereocenters. The van der Waals surface area contributed by atoms with E-state index in [2.05, 4.69) is 46.1 Å². The molecule has 3 rings (SSSR count). The van der Waals surface area contributed by atoms with Crippen LogP contribution in [0.25, 0.3) is 0 Å². The molecule has 2 aromatic rings. The molecule has 0 N–H and O–H groups in total. The molecule has 1 aliphatic heterocycles. The van der Waals surface area contributed by atoms with E-state index in [1.165, 1.54) is 16.9 Å². The molecule has 4 heteroatoms. The first-order chi connectivity index (χ1) is 9.24. The lowest BCUT2D eigenvalue weighted by molar-refractivity contribution is 0.734. The van der Waals surface area contributed by atoms with Crippen molar-refractivity contribution >= 4 is 23.0 Å². The van der Waals surface area contributed by atoms with Gasteiger partial charge in [0.05, 0.1) is 11.4 Å². The number of halogens is 1. The molecule has 0 atom stereocenters. The Morgan fingerprint density at radius 1 is 1.16 bits per heavy atom. The topological polar surface area (TPSA) is 19.4 Å². The summed E-state index contributed by atoms with van der Waals surface area (Å²) >= 11 is 5.95. The monoisotopic (exact) mass is 273 g/mol. The van der Waals surface area contributed by atoms with Crippen LogP contribution in [0.3, 0.4) is 0 Å². The van der Waals surface area contributed by atoms with Crippen molar-refractivity contribution in [1.82, 2.24) is 4.98 Å². The van der Waals surface area contributed by atoms with Gasteiger partial charge in [0.15, 0.2) is 0 Å². The largest absolute Gasteiger partial charge is 0.371 e. The lowest BCUT2D eigenvalue weighted by Crippen LogP contribution is -2.38. The third kappa shape index (κ3) is 2.51. The molecular weight excluding hydrogens is 258 g/mol. The van der Waals surface area contributed by atoms with E-state index in [1.54, 1.807) is 6.20 Å². The van der Waals surface area contributed by atoms with Crippen molar-refractivity contribution in [1.29, 1.82) is 0 Å². The summed E-state index contributed by atoms with van der Waals surface area (Å²) in [6.45, 7) is 2.93. The predicted octanol–water partition coefficient (Wildman–Crippen LogP) is 3.19. The number of pyridine rings is 1. The molecule has 98 valence electrons. The standard InChI is InChI=1S/C15H16ClN3/c1-18-8-9-19(14-5-3-2-4-13(14)18)11-12-6-7-17-15(16)10-12/h2-7,10H,8-9,11H2,1H3. The van der Waals surface area contributed by atoms with Gasteiger partial charge in [-0.2, -0.15) is 0 Å². The zero-order valence-corrected chi connectivity index (χ0v) is 11.6. The highest BCUT2D eigenvalue weighted by atomic mass is 35.5. The number of para-hydroxylation sites is 2. The van der Waals surface area contributed by atoms with Crippen LogP contribution in [0.5, 0.6) is 0 Å². The minimum atomic E-state index is 0.555. The van der Waals surface area contributed by atoms with Gasteiger partial charge in [-0.3, -0.25) is 0 Å². The number of benzene rings is 1. The lowest BCUT2D eigenvalue weighted by atomic mass is 10.1. The van der Waals surface area contributed by atoms with Gasteiger partial charge in [-0.1, -0.05) is 23.7 Å². The fourth-order valence-electron chi connectivity index (χ4n) is 2.49. The first-order valence-corrected chi connectivity index (χ1v) is 6.77. The summed E-state index contributed by atoms with van der Waals surface area (Å²) in [5.41, 5.74) is 3.76. The van der Waals surface area contributed by atoms with Crippen molar-refractivity contribution in [2.24, 2.45) is 0 Å². The van der Waals surface area contributed by atoms with Crippen LogP contribution in [0, 0.1) is 0 Å². The number of rotatable bonds is 2. The van der Waals surface area contributed by atoms with E-state index in [4.69, 9.17) is 11.6 Å². The summed E-state index contributed by atoms with van der Waals surface area (Å²) in [6.07, 6.45) is 1.76. The van der Waals surface area contributed by atoms with Gasteiger partial charge >= 0.3 is 0 Å². The molecule has 3 nitrogen and oxygen atoms in total. The maximum absolute atomic E-state index is 5.95. The molecule has 1 aromatic carbocycles. The first-order valence-electron chi connectivity index (χ1n) is 6.39. The summed E-state index contributed by atoms with van der Waals surface area (Å²) in [4.78, 5) is 8.71. The molecular formula is C15H16ClN3. The highest BCUT2D eigenvalue weighted by molar-refractivity contribution is 6.29. The Hall–Kier alpha value is -1.74. The Kier molecular flexibility index (Phi) is 3.30. The van der Waals surface area contributed by atoms with E-state index in [0.717, 1.165) is 19.6 Å². The zero-order chi connectivity index (χ0) is 13.2. The van der Waals surface area contributed by atoms with Crippen LogP contribution < -0.4 is 9.80 Å². The van der Waals surface area contributed by atoms with Crippen LogP contribution in [0.1, 0.15) is 5.56 Å². The van der Waals surface area contributed by atoms with Crippen LogP contribution in [-0.4, -0.2) is 25.1 Å². The maximum atomic E-state index is 5.95. The maximum Gasteiger partial charge on any atom is 0.129 e. The average Bonchev–Trinajstić information content (AvgIpc) is 2.42. The number of anilines is 2. The van der Waals surface area contributed by atoms with Gasteiger partial charge in [-0.05, 0) is 29.8 Å². The van der Waals surface area contributed by atoms with Crippen LogP contribution >= 0.6 is 11.6 Å². The molecule has 0 aliphatic carbocycles. The normalized spacial score (nSPS) is 14.4. The van der Waals surface area contributed by atoms with E-state index in [-0.39, 0.29) is 0 Å². The summed E-state index contributed by atoms with van der Waals surface area (Å²) in [7, 11) is 2.14. The number of nitrogens with zero attached hydrogens (tertiary/aromatic N) is 3.